The van der Waals surface area contributed by atoms with Crippen LogP contribution in [-0.4, -0.2) is 31.7 Å². The van der Waals surface area contributed by atoms with Gasteiger partial charge >= 0.3 is 0 Å². The van der Waals surface area contributed by atoms with Crippen molar-refractivity contribution < 1.29 is 13.2 Å². The molecule has 0 aliphatic rings. The second-order valence-corrected chi connectivity index (χ2v) is 8.07. The van der Waals surface area contributed by atoms with Crippen LogP contribution in [0.25, 0.3) is 0 Å². The van der Waals surface area contributed by atoms with E-state index in [1.54, 1.807) is 38.1 Å². The number of amides is 1. The average Bonchev–Trinajstić information content (AvgIpc) is 2.64. The number of nitrogens with one attached hydrogen (secondary N) is 1. The standard InChI is InChI=1S/C19H20ClN3O3S/c1-3-23(4-2)27(25,26)16-8-9-17(20)18(13-16)22-19(24)15-7-5-6-14(12-15)10-11-21/h5-9,12-13H,3-4,10H2,1-2H3,(H,22,24). The van der Waals surface area contributed by atoms with Crippen LogP contribution in [0.15, 0.2) is 47.4 Å². The molecule has 6 nitrogen and oxygen atoms in total. The molecule has 2 aromatic rings. The molecule has 0 aromatic heterocycles. The van der Waals surface area contributed by atoms with Gasteiger partial charge in [0.05, 0.1) is 28.1 Å². The van der Waals surface area contributed by atoms with E-state index in [1.165, 1.54) is 22.5 Å². The van der Waals surface area contributed by atoms with E-state index in [-0.39, 0.29) is 22.0 Å². The molecule has 0 atom stereocenters. The SMILES string of the molecule is CCN(CC)S(=O)(=O)c1ccc(Cl)c(NC(=O)c2cccc(CC#N)c2)c1. The van der Waals surface area contributed by atoms with Crippen LogP contribution in [0, 0.1) is 11.3 Å². The number of hydrogen-bond donors (Lipinski definition) is 1. The Hall–Kier alpha value is -2.40. The summed E-state index contributed by atoms with van der Waals surface area (Å²) in [6, 6.07) is 12.9. The molecule has 0 spiro atoms. The Labute approximate surface area is 164 Å². The maximum Gasteiger partial charge on any atom is 0.255 e. The van der Waals surface area contributed by atoms with Gasteiger partial charge in [-0.25, -0.2) is 8.42 Å². The Bertz CT molecular complexity index is 980. The number of sulfonamides is 1. The van der Waals surface area contributed by atoms with Crippen molar-refractivity contribution >= 4 is 33.2 Å². The number of rotatable bonds is 7. The van der Waals surface area contributed by atoms with Gasteiger partial charge in [0, 0.05) is 18.7 Å². The van der Waals surface area contributed by atoms with Crippen molar-refractivity contribution in [2.24, 2.45) is 0 Å². The molecule has 1 amide bonds. The maximum absolute atomic E-state index is 12.7. The number of carbonyl (C=O) groups excluding carboxylic acids is 1. The third kappa shape index (κ3) is 4.86. The van der Waals surface area contributed by atoms with Gasteiger partial charge in [-0.1, -0.05) is 37.6 Å². The zero-order valence-electron chi connectivity index (χ0n) is 15.1. The molecule has 0 saturated heterocycles. The third-order valence-electron chi connectivity index (χ3n) is 4.00. The summed E-state index contributed by atoms with van der Waals surface area (Å²) >= 11 is 6.14. The Kier molecular flexibility index (Phi) is 6.97. The van der Waals surface area contributed by atoms with Gasteiger partial charge in [-0.15, -0.1) is 0 Å². The largest absolute Gasteiger partial charge is 0.321 e. The van der Waals surface area contributed by atoms with Crippen molar-refractivity contribution in [2.75, 3.05) is 18.4 Å². The smallest absolute Gasteiger partial charge is 0.255 e. The summed E-state index contributed by atoms with van der Waals surface area (Å²) in [4.78, 5) is 12.6. The quantitative estimate of drug-likeness (QED) is 0.760. The van der Waals surface area contributed by atoms with Crippen LogP contribution in [0.5, 0.6) is 0 Å². The fraction of sp³-hybridized carbons (Fsp3) is 0.263. The Morgan fingerprint density at radius 1 is 1.19 bits per heavy atom. The van der Waals surface area contributed by atoms with Crippen LogP contribution in [0.4, 0.5) is 5.69 Å². The predicted molar refractivity (Wildman–Crippen MR) is 105 cm³/mol. The first-order valence-corrected chi connectivity index (χ1v) is 10.2. The lowest BCUT2D eigenvalue weighted by molar-refractivity contribution is 0.102. The van der Waals surface area contributed by atoms with Crippen molar-refractivity contribution in [2.45, 2.75) is 25.2 Å². The Morgan fingerprint density at radius 3 is 2.52 bits per heavy atom. The van der Waals surface area contributed by atoms with Crippen molar-refractivity contribution in [3.8, 4) is 6.07 Å². The fourth-order valence-electron chi connectivity index (χ4n) is 2.58. The molecule has 0 aliphatic heterocycles. The summed E-state index contributed by atoms with van der Waals surface area (Å²) < 4.78 is 26.7. The van der Waals surface area contributed by atoms with Crippen molar-refractivity contribution in [3.63, 3.8) is 0 Å². The zero-order chi connectivity index (χ0) is 20.0. The Balaban J connectivity index is 2.33. The van der Waals surface area contributed by atoms with Gasteiger partial charge in [-0.2, -0.15) is 9.57 Å². The second kappa shape index (κ2) is 9.00. The lowest BCUT2D eigenvalue weighted by Crippen LogP contribution is -2.30. The molecule has 0 radical (unpaired) electrons. The zero-order valence-corrected chi connectivity index (χ0v) is 16.6. The number of nitriles is 1. The molecule has 8 heteroatoms. The summed E-state index contributed by atoms with van der Waals surface area (Å²) in [6.45, 7) is 4.20. The average molecular weight is 406 g/mol. The lowest BCUT2D eigenvalue weighted by atomic mass is 10.1. The van der Waals surface area contributed by atoms with E-state index in [4.69, 9.17) is 16.9 Å². The molecule has 0 bridgehead atoms. The topological polar surface area (TPSA) is 90.3 Å². The number of benzene rings is 2. The van der Waals surface area contributed by atoms with E-state index < -0.39 is 15.9 Å². The molecule has 0 saturated carbocycles. The van der Waals surface area contributed by atoms with Gasteiger partial charge in [-0.3, -0.25) is 4.79 Å². The molecule has 142 valence electrons. The minimum Gasteiger partial charge on any atom is -0.321 e. The Morgan fingerprint density at radius 2 is 1.89 bits per heavy atom. The first-order valence-electron chi connectivity index (χ1n) is 8.40. The number of carbonyl (C=O) groups is 1. The fourth-order valence-corrected chi connectivity index (χ4v) is 4.23. The summed E-state index contributed by atoms with van der Waals surface area (Å²) in [5, 5.41) is 11.7. The van der Waals surface area contributed by atoms with Gasteiger partial charge in [0.2, 0.25) is 10.0 Å². The molecule has 2 aromatic carbocycles. The highest BCUT2D eigenvalue weighted by atomic mass is 35.5. The van der Waals surface area contributed by atoms with Gasteiger partial charge in [0.15, 0.2) is 0 Å². The molecular weight excluding hydrogens is 386 g/mol. The minimum atomic E-state index is -3.67. The molecule has 0 aliphatic carbocycles. The van der Waals surface area contributed by atoms with Gasteiger partial charge in [0.1, 0.15) is 0 Å². The molecule has 0 unspecified atom stereocenters. The predicted octanol–water partition coefficient (Wildman–Crippen LogP) is 3.69. The molecule has 27 heavy (non-hydrogen) atoms. The number of nitrogens with zero attached hydrogens (tertiary/aromatic N) is 2. The summed E-state index contributed by atoms with van der Waals surface area (Å²) in [5.74, 6) is -0.436. The van der Waals surface area contributed by atoms with Gasteiger partial charge in [0.25, 0.3) is 5.91 Å². The van der Waals surface area contributed by atoms with E-state index in [2.05, 4.69) is 5.32 Å². The van der Waals surface area contributed by atoms with Crippen molar-refractivity contribution in [3.05, 3.63) is 58.6 Å². The molecule has 0 heterocycles. The molecule has 1 N–H and O–H groups in total. The number of halogens is 1. The van der Waals surface area contributed by atoms with Crippen LogP contribution >= 0.6 is 11.6 Å². The molecule has 2 rings (SSSR count). The van der Waals surface area contributed by atoms with Gasteiger partial charge in [-0.05, 0) is 35.9 Å². The second-order valence-electron chi connectivity index (χ2n) is 5.72. The summed E-state index contributed by atoms with van der Waals surface area (Å²) in [5.41, 5.74) is 1.28. The summed E-state index contributed by atoms with van der Waals surface area (Å²) in [6.07, 6.45) is 0.194. The van der Waals surface area contributed by atoms with Crippen LogP contribution in [-0.2, 0) is 16.4 Å². The molecule has 0 fully saturated rings. The van der Waals surface area contributed by atoms with E-state index >= 15 is 0 Å². The maximum atomic E-state index is 12.7. The highest BCUT2D eigenvalue weighted by Gasteiger charge is 2.23. The van der Waals surface area contributed by atoms with Gasteiger partial charge < -0.3 is 5.32 Å². The third-order valence-corrected chi connectivity index (χ3v) is 6.38. The van der Waals surface area contributed by atoms with E-state index in [0.717, 1.165) is 0 Å². The minimum absolute atomic E-state index is 0.0594. The molecular formula is C19H20ClN3O3S. The first kappa shape index (κ1) is 20.9. The number of hydrogen-bond acceptors (Lipinski definition) is 4. The number of anilines is 1. The lowest BCUT2D eigenvalue weighted by Gasteiger charge is -2.19. The van der Waals surface area contributed by atoms with Crippen molar-refractivity contribution in [1.29, 1.82) is 5.26 Å². The monoisotopic (exact) mass is 405 g/mol. The summed E-state index contributed by atoms with van der Waals surface area (Å²) in [7, 11) is -3.67. The highest BCUT2D eigenvalue weighted by molar-refractivity contribution is 7.89. The van der Waals surface area contributed by atoms with E-state index in [1.807, 2.05) is 6.07 Å². The first-order chi connectivity index (χ1) is 12.8. The normalized spacial score (nSPS) is 11.2. The van der Waals surface area contributed by atoms with Crippen LogP contribution < -0.4 is 5.32 Å². The van der Waals surface area contributed by atoms with E-state index in [0.29, 0.717) is 24.2 Å². The van der Waals surface area contributed by atoms with E-state index in [9.17, 15) is 13.2 Å². The highest BCUT2D eigenvalue weighted by Crippen LogP contribution is 2.27. The van der Waals surface area contributed by atoms with Crippen LogP contribution in [0.3, 0.4) is 0 Å². The van der Waals surface area contributed by atoms with Crippen molar-refractivity contribution in [1.82, 2.24) is 4.31 Å². The van der Waals surface area contributed by atoms with Crippen LogP contribution in [0.2, 0.25) is 5.02 Å². The van der Waals surface area contributed by atoms with Crippen LogP contribution in [0.1, 0.15) is 29.8 Å².